The fourth-order valence-electron chi connectivity index (χ4n) is 5.27. The van der Waals surface area contributed by atoms with Crippen LogP contribution in [0.15, 0.2) is 122 Å². The standard InChI is InChI=1S/C32H20N2/c1-2-8-22-16-25-17-24(14-13-23(25)15-21(22)7-1)31-27-9-3-5-11-29(27)32(26-18-33-20-34-19-26)30-12-6-4-10-28(30)31/h1-20H. The number of rotatable bonds is 2. The minimum atomic E-state index is 1.03. The van der Waals surface area contributed by atoms with Crippen molar-refractivity contribution in [2.24, 2.45) is 0 Å². The molecule has 1 aromatic heterocycles. The topological polar surface area (TPSA) is 25.8 Å². The highest BCUT2D eigenvalue weighted by Gasteiger charge is 2.16. The average Bonchev–Trinajstić information content (AvgIpc) is 2.90. The molecule has 0 bridgehead atoms. The van der Waals surface area contributed by atoms with E-state index < -0.39 is 0 Å². The summed E-state index contributed by atoms with van der Waals surface area (Å²) in [6, 6.07) is 37.3. The van der Waals surface area contributed by atoms with Gasteiger partial charge < -0.3 is 0 Å². The highest BCUT2D eigenvalue weighted by molar-refractivity contribution is 6.21. The molecule has 1 heterocycles. The SMILES string of the molecule is c1ccc2cc3cc(-c4c5ccccc5c(-c5cncnc5)c5ccccc45)ccc3cc2c1. The Bertz CT molecular complexity index is 1800. The summed E-state index contributed by atoms with van der Waals surface area (Å²) < 4.78 is 0. The maximum Gasteiger partial charge on any atom is 0.115 e. The predicted molar refractivity (Wildman–Crippen MR) is 143 cm³/mol. The summed E-state index contributed by atoms with van der Waals surface area (Å²) in [5.41, 5.74) is 4.71. The fraction of sp³-hybridized carbons (Fsp3) is 0. The molecule has 0 saturated carbocycles. The van der Waals surface area contributed by atoms with Gasteiger partial charge in [0.2, 0.25) is 0 Å². The fourth-order valence-corrected chi connectivity index (χ4v) is 5.27. The number of nitrogens with zero attached hydrogens (tertiary/aromatic N) is 2. The summed E-state index contributed by atoms with van der Waals surface area (Å²) in [4.78, 5) is 8.61. The van der Waals surface area contributed by atoms with Gasteiger partial charge in [-0.15, -0.1) is 0 Å². The molecule has 2 heteroatoms. The van der Waals surface area contributed by atoms with Crippen LogP contribution in [-0.2, 0) is 0 Å². The molecule has 0 fully saturated rings. The van der Waals surface area contributed by atoms with Crippen molar-refractivity contribution in [1.82, 2.24) is 9.97 Å². The van der Waals surface area contributed by atoms with Crippen LogP contribution >= 0.6 is 0 Å². The van der Waals surface area contributed by atoms with E-state index in [0.717, 1.165) is 5.56 Å². The first kappa shape index (κ1) is 19.0. The second-order valence-corrected chi connectivity index (χ2v) is 8.73. The van der Waals surface area contributed by atoms with Crippen LogP contribution in [0.5, 0.6) is 0 Å². The van der Waals surface area contributed by atoms with Gasteiger partial charge in [0, 0.05) is 23.5 Å². The lowest BCUT2D eigenvalue weighted by Crippen LogP contribution is -1.91. The molecule has 0 aliphatic carbocycles. The quantitative estimate of drug-likeness (QED) is 0.256. The zero-order valence-electron chi connectivity index (χ0n) is 18.4. The molecule has 0 unspecified atom stereocenters. The van der Waals surface area contributed by atoms with Crippen LogP contribution in [0.2, 0.25) is 0 Å². The van der Waals surface area contributed by atoms with Crippen LogP contribution in [-0.4, -0.2) is 9.97 Å². The lowest BCUT2D eigenvalue weighted by molar-refractivity contribution is 1.17. The van der Waals surface area contributed by atoms with Crippen molar-refractivity contribution in [3.05, 3.63) is 122 Å². The minimum Gasteiger partial charge on any atom is -0.244 e. The lowest BCUT2D eigenvalue weighted by Gasteiger charge is -2.17. The van der Waals surface area contributed by atoms with E-state index in [1.54, 1.807) is 6.33 Å². The van der Waals surface area contributed by atoms with Crippen molar-refractivity contribution in [3.8, 4) is 22.3 Å². The van der Waals surface area contributed by atoms with E-state index in [0.29, 0.717) is 0 Å². The number of hydrogen-bond donors (Lipinski definition) is 0. The van der Waals surface area contributed by atoms with Crippen LogP contribution in [0.4, 0.5) is 0 Å². The van der Waals surface area contributed by atoms with Crippen LogP contribution in [0.1, 0.15) is 0 Å². The first-order chi connectivity index (χ1) is 16.9. The van der Waals surface area contributed by atoms with Gasteiger partial charge in [0.15, 0.2) is 0 Å². The van der Waals surface area contributed by atoms with Crippen molar-refractivity contribution in [2.75, 3.05) is 0 Å². The summed E-state index contributed by atoms with van der Waals surface area (Å²) in [5, 5.41) is 9.95. The summed E-state index contributed by atoms with van der Waals surface area (Å²) in [5.74, 6) is 0. The highest BCUT2D eigenvalue weighted by atomic mass is 14.8. The maximum absolute atomic E-state index is 4.30. The molecular weight excluding hydrogens is 412 g/mol. The Morgan fingerprint density at radius 1 is 0.382 bits per heavy atom. The number of aromatic nitrogens is 2. The maximum atomic E-state index is 4.30. The molecule has 0 amide bonds. The van der Waals surface area contributed by atoms with E-state index in [1.165, 1.54) is 59.8 Å². The van der Waals surface area contributed by atoms with Crippen molar-refractivity contribution < 1.29 is 0 Å². The largest absolute Gasteiger partial charge is 0.244 e. The van der Waals surface area contributed by atoms with E-state index in [1.807, 2.05) is 12.4 Å². The zero-order valence-corrected chi connectivity index (χ0v) is 18.4. The van der Waals surface area contributed by atoms with E-state index in [2.05, 4.69) is 113 Å². The number of benzene rings is 6. The molecular formula is C32H20N2. The van der Waals surface area contributed by atoms with Crippen LogP contribution in [0, 0.1) is 0 Å². The first-order valence-corrected chi connectivity index (χ1v) is 11.5. The highest BCUT2D eigenvalue weighted by Crippen LogP contribution is 2.43. The smallest absolute Gasteiger partial charge is 0.115 e. The van der Waals surface area contributed by atoms with Crippen molar-refractivity contribution in [3.63, 3.8) is 0 Å². The van der Waals surface area contributed by atoms with E-state index in [4.69, 9.17) is 0 Å². The second kappa shape index (κ2) is 7.50. The Balaban J connectivity index is 1.59. The Labute approximate surface area is 197 Å². The molecule has 158 valence electrons. The van der Waals surface area contributed by atoms with Gasteiger partial charge in [-0.2, -0.15) is 0 Å². The van der Waals surface area contributed by atoms with E-state index in [9.17, 15) is 0 Å². The van der Waals surface area contributed by atoms with Gasteiger partial charge in [-0.1, -0.05) is 84.9 Å². The molecule has 0 spiro atoms. The predicted octanol–water partition coefficient (Wildman–Crippen LogP) is 8.42. The number of hydrogen-bond acceptors (Lipinski definition) is 2. The molecule has 7 aromatic rings. The zero-order chi connectivity index (χ0) is 22.5. The van der Waals surface area contributed by atoms with Crippen LogP contribution in [0.25, 0.3) is 65.3 Å². The first-order valence-electron chi connectivity index (χ1n) is 11.5. The van der Waals surface area contributed by atoms with Gasteiger partial charge >= 0.3 is 0 Å². The van der Waals surface area contributed by atoms with Crippen LogP contribution < -0.4 is 0 Å². The Hall–Kier alpha value is -4.56. The Morgan fingerprint density at radius 3 is 1.44 bits per heavy atom. The van der Waals surface area contributed by atoms with Gasteiger partial charge in [0.05, 0.1) is 0 Å². The third kappa shape index (κ3) is 2.89. The van der Waals surface area contributed by atoms with E-state index >= 15 is 0 Å². The molecule has 0 atom stereocenters. The Kier molecular flexibility index (Phi) is 4.18. The van der Waals surface area contributed by atoms with Gasteiger partial charge in [-0.25, -0.2) is 9.97 Å². The molecule has 0 aliphatic heterocycles. The monoisotopic (exact) mass is 432 g/mol. The molecule has 0 aliphatic rings. The third-order valence-corrected chi connectivity index (χ3v) is 6.77. The minimum absolute atomic E-state index is 1.03. The molecule has 7 rings (SSSR count). The molecule has 0 saturated heterocycles. The number of fused-ring (bicyclic) bond motifs is 4. The van der Waals surface area contributed by atoms with Crippen molar-refractivity contribution in [1.29, 1.82) is 0 Å². The molecule has 0 N–H and O–H groups in total. The summed E-state index contributed by atoms with van der Waals surface area (Å²) >= 11 is 0. The van der Waals surface area contributed by atoms with Crippen molar-refractivity contribution in [2.45, 2.75) is 0 Å². The van der Waals surface area contributed by atoms with Crippen molar-refractivity contribution >= 4 is 43.1 Å². The Morgan fingerprint density at radius 2 is 0.853 bits per heavy atom. The molecule has 6 aromatic carbocycles. The molecule has 2 nitrogen and oxygen atoms in total. The van der Waals surface area contributed by atoms with Crippen LogP contribution in [0.3, 0.4) is 0 Å². The summed E-state index contributed by atoms with van der Waals surface area (Å²) in [6.07, 6.45) is 5.39. The lowest BCUT2D eigenvalue weighted by atomic mass is 9.86. The molecule has 34 heavy (non-hydrogen) atoms. The second-order valence-electron chi connectivity index (χ2n) is 8.73. The molecule has 0 radical (unpaired) electrons. The van der Waals surface area contributed by atoms with Gasteiger partial charge in [0.1, 0.15) is 6.33 Å². The third-order valence-electron chi connectivity index (χ3n) is 6.77. The summed E-state index contributed by atoms with van der Waals surface area (Å²) in [6.45, 7) is 0. The normalized spacial score (nSPS) is 11.5. The average molecular weight is 433 g/mol. The van der Waals surface area contributed by atoms with Gasteiger partial charge in [-0.05, 0) is 72.4 Å². The van der Waals surface area contributed by atoms with E-state index in [-0.39, 0.29) is 0 Å². The van der Waals surface area contributed by atoms with Gasteiger partial charge in [-0.3, -0.25) is 0 Å². The summed E-state index contributed by atoms with van der Waals surface area (Å²) in [7, 11) is 0. The van der Waals surface area contributed by atoms with Gasteiger partial charge in [0.25, 0.3) is 0 Å².